The zero-order valence-electron chi connectivity index (χ0n) is 16.1. The number of benzene rings is 1. The van der Waals surface area contributed by atoms with Crippen LogP contribution in [0.1, 0.15) is 27.6 Å². The molecule has 0 bridgehead atoms. The van der Waals surface area contributed by atoms with Gasteiger partial charge in [-0.05, 0) is 48.3 Å². The minimum atomic E-state index is -0.330. The largest absolute Gasteiger partial charge is 0.330 e. The van der Waals surface area contributed by atoms with Crippen LogP contribution in [-0.4, -0.2) is 34.6 Å². The Labute approximate surface area is 178 Å². The van der Waals surface area contributed by atoms with Crippen LogP contribution in [0.2, 0.25) is 0 Å². The molecule has 8 nitrogen and oxygen atoms in total. The Morgan fingerprint density at radius 1 is 1.20 bits per heavy atom. The fourth-order valence-corrected chi connectivity index (χ4v) is 4.00. The fraction of sp³-hybridized carbons (Fsp3) is 0.238. The van der Waals surface area contributed by atoms with E-state index in [4.69, 9.17) is 5.73 Å². The van der Waals surface area contributed by atoms with E-state index in [2.05, 4.69) is 25.5 Å². The molecule has 2 amide bonds. The highest BCUT2D eigenvalue weighted by Crippen LogP contribution is 2.24. The normalized spacial score (nSPS) is 20.4. The Bertz CT molecular complexity index is 1000. The summed E-state index contributed by atoms with van der Waals surface area (Å²) in [7, 11) is 0. The molecular formula is C21H22N6O2S. The molecule has 1 aliphatic heterocycles. The summed E-state index contributed by atoms with van der Waals surface area (Å²) >= 11 is 1.12. The van der Waals surface area contributed by atoms with Crippen molar-refractivity contribution in [2.45, 2.75) is 18.4 Å². The van der Waals surface area contributed by atoms with Gasteiger partial charge in [0.05, 0.1) is 17.9 Å². The number of nitrogens with one attached hydrogen (secondary N) is 3. The number of amidine groups is 1. The van der Waals surface area contributed by atoms with Gasteiger partial charge in [-0.1, -0.05) is 36.4 Å². The van der Waals surface area contributed by atoms with Gasteiger partial charge in [-0.2, -0.15) is 5.10 Å². The van der Waals surface area contributed by atoms with Crippen molar-refractivity contribution in [2.75, 3.05) is 6.54 Å². The highest BCUT2D eigenvalue weighted by Gasteiger charge is 2.33. The van der Waals surface area contributed by atoms with Crippen molar-refractivity contribution < 1.29 is 9.59 Å². The minimum absolute atomic E-state index is 0.0728. The molecule has 30 heavy (non-hydrogen) atoms. The second-order valence-electron chi connectivity index (χ2n) is 7.02. The van der Waals surface area contributed by atoms with E-state index in [1.807, 2.05) is 48.6 Å². The number of hydrogen-bond acceptors (Lipinski definition) is 7. The lowest BCUT2D eigenvalue weighted by molar-refractivity contribution is -0.121. The number of rotatable bonds is 6. The van der Waals surface area contributed by atoms with E-state index < -0.39 is 0 Å². The number of carbonyl (C=O) groups is 2. The van der Waals surface area contributed by atoms with Crippen LogP contribution in [0.3, 0.4) is 0 Å². The van der Waals surface area contributed by atoms with E-state index in [0.29, 0.717) is 29.4 Å². The zero-order valence-corrected chi connectivity index (χ0v) is 16.9. The molecule has 2 aliphatic rings. The molecule has 1 aromatic heterocycles. The second-order valence-corrected chi connectivity index (χ2v) is 7.85. The maximum Gasteiger partial charge on any atom is 0.268 e. The van der Waals surface area contributed by atoms with Crippen LogP contribution in [0.15, 0.2) is 71.6 Å². The number of carbonyl (C=O) groups excluding carboxylic acids is 2. The number of aromatic nitrogens is 1. The number of nitrogens with zero attached hydrogens (tertiary/aromatic N) is 2. The van der Waals surface area contributed by atoms with Gasteiger partial charge >= 0.3 is 0 Å². The van der Waals surface area contributed by atoms with Gasteiger partial charge in [-0.3, -0.25) is 9.59 Å². The van der Waals surface area contributed by atoms with Gasteiger partial charge in [0.1, 0.15) is 10.7 Å². The molecule has 3 unspecified atom stereocenters. The first-order valence-corrected chi connectivity index (χ1v) is 10.4. The molecule has 0 saturated heterocycles. The third-order valence-corrected chi connectivity index (χ3v) is 5.77. The number of allylic oxidation sites excluding steroid dienone is 1. The molecular weight excluding hydrogens is 400 g/mol. The Morgan fingerprint density at radius 3 is 2.77 bits per heavy atom. The van der Waals surface area contributed by atoms with E-state index in [-0.39, 0.29) is 29.7 Å². The topological polar surface area (TPSA) is 122 Å². The van der Waals surface area contributed by atoms with E-state index in [9.17, 15) is 9.59 Å². The summed E-state index contributed by atoms with van der Waals surface area (Å²) in [5, 5.41) is 10.1. The van der Waals surface area contributed by atoms with Gasteiger partial charge in [-0.15, -0.1) is 0 Å². The van der Waals surface area contributed by atoms with Gasteiger partial charge in [0.2, 0.25) is 5.91 Å². The van der Waals surface area contributed by atoms with Gasteiger partial charge in [0, 0.05) is 11.9 Å². The minimum Gasteiger partial charge on any atom is -0.330 e. The number of hydrogen-bond donors (Lipinski definition) is 4. The first kappa shape index (κ1) is 20.0. The zero-order chi connectivity index (χ0) is 20.9. The molecule has 3 atom stereocenters. The number of fused-ring (bicyclic) bond motifs is 1. The van der Waals surface area contributed by atoms with Crippen LogP contribution in [-0.2, 0) is 4.79 Å². The van der Waals surface area contributed by atoms with Crippen LogP contribution >= 0.6 is 11.5 Å². The lowest BCUT2D eigenvalue weighted by atomic mass is 9.92. The molecule has 0 radical (unpaired) electrons. The number of hydrazone groups is 1. The van der Waals surface area contributed by atoms with E-state index in [1.54, 1.807) is 12.3 Å². The van der Waals surface area contributed by atoms with E-state index >= 15 is 0 Å². The predicted octanol–water partition coefficient (Wildman–Crippen LogP) is 1.48. The quantitative estimate of drug-likeness (QED) is 0.562. The highest BCUT2D eigenvalue weighted by atomic mass is 32.1. The van der Waals surface area contributed by atoms with Crippen LogP contribution in [0.4, 0.5) is 0 Å². The fourth-order valence-electron chi connectivity index (χ4n) is 3.51. The summed E-state index contributed by atoms with van der Waals surface area (Å²) < 4.78 is 3.95. The SMILES string of the molecule is NCCC(C(=O)NC1=CC2C(NC(=O)c3ccns3)=NNC2C=C1)c1ccccc1. The van der Waals surface area contributed by atoms with Crippen molar-refractivity contribution in [3.05, 3.63) is 77.0 Å². The van der Waals surface area contributed by atoms with Crippen molar-refractivity contribution in [3.63, 3.8) is 0 Å². The lowest BCUT2D eigenvalue weighted by Gasteiger charge is -2.22. The molecule has 0 saturated carbocycles. The Kier molecular flexibility index (Phi) is 6.01. The van der Waals surface area contributed by atoms with Crippen molar-refractivity contribution >= 4 is 29.2 Å². The predicted molar refractivity (Wildman–Crippen MR) is 116 cm³/mol. The van der Waals surface area contributed by atoms with Gasteiger partial charge in [0.25, 0.3) is 5.91 Å². The standard InChI is InChI=1S/C21H22N6O2S/c22-10-8-15(13-4-2-1-3-5-13)20(28)24-14-6-7-17-16(12-14)19(27-26-17)25-21(29)18-9-11-23-30-18/h1-7,9,11-12,15-17,26H,8,10,22H2,(H,24,28)(H,25,27,29). The summed E-state index contributed by atoms with van der Waals surface area (Å²) in [5.74, 6) is -0.370. The smallest absolute Gasteiger partial charge is 0.268 e. The number of nitrogens with two attached hydrogens (primary N) is 1. The molecule has 154 valence electrons. The van der Waals surface area contributed by atoms with Crippen molar-refractivity contribution in [1.29, 1.82) is 0 Å². The first-order chi connectivity index (χ1) is 14.7. The third kappa shape index (κ3) is 4.32. The van der Waals surface area contributed by atoms with Crippen LogP contribution < -0.4 is 21.8 Å². The summed E-state index contributed by atoms with van der Waals surface area (Å²) in [6.45, 7) is 0.414. The van der Waals surface area contributed by atoms with Crippen molar-refractivity contribution in [3.8, 4) is 0 Å². The Balaban J connectivity index is 1.46. The molecule has 5 N–H and O–H groups in total. The first-order valence-electron chi connectivity index (χ1n) is 9.66. The average Bonchev–Trinajstić information content (AvgIpc) is 3.43. The van der Waals surface area contributed by atoms with Crippen LogP contribution in [0.5, 0.6) is 0 Å². The number of amides is 2. The highest BCUT2D eigenvalue weighted by molar-refractivity contribution is 7.08. The van der Waals surface area contributed by atoms with E-state index in [1.165, 1.54) is 0 Å². The molecule has 1 aromatic carbocycles. The molecule has 1 aliphatic carbocycles. The van der Waals surface area contributed by atoms with Gasteiger partial charge in [0.15, 0.2) is 0 Å². The van der Waals surface area contributed by atoms with E-state index in [0.717, 1.165) is 17.1 Å². The third-order valence-electron chi connectivity index (χ3n) is 5.02. The second kappa shape index (κ2) is 9.02. The Hall–Kier alpha value is -3.30. The van der Waals surface area contributed by atoms with Crippen LogP contribution in [0.25, 0.3) is 0 Å². The summed E-state index contributed by atoms with van der Waals surface area (Å²) in [6, 6.07) is 11.2. The maximum absolute atomic E-state index is 12.9. The van der Waals surface area contributed by atoms with Gasteiger partial charge < -0.3 is 21.8 Å². The lowest BCUT2D eigenvalue weighted by Crippen LogP contribution is -2.39. The summed E-state index contributed by atoms with van der Waals surface area (Å²) in [5.41, 5.74) is 10.3. The molecule has 0 spiro atoms. The molecule has 0 fully saturated rings. The van der Waals surface area contributed by atoms with Crippen molar-refractivity contribution in [1.82, 2.24) is 20.4 Å². The molecule has 4 rings (SSSR count). The molecule has 2 heterocycles. The summed E-state index contributed by atoms with van der Waals surface area (Å²) in [6.07, 6.45) is 7.81. The monoisotopic (exact) mass is 422 g/mol. The van der Waals surface area contributed by atoms with Crippen LogP contribution in [0, 0.1) is 5.92 Å². The van der Waals surface area contributed by atoms with Gasteiger partial charge in [-0.25, -0.2) is 4.37 Å². The molecule has 2 aromatic rings. The summed E-state index contributed by atoms with van der Waals surface area (Å²) in [4.78, 5) is 25.8. The maximum atomic E-state index is 12.9. The Morgan fingerprint density at radius 2 is 2.03 bits per heavy atom. The average molecular weight is 423 g/mol. The van der Waals surface area contributed by atoms with Crippen molar-refractivity contribution in [2.24, 2.45) is 16.8 Å². The molecule has 9 heteroatoms.